The summed E-state index contributed by atoms with van der Waals surface area (Å²) in [6, 6.07) is 20.2. The van der Waals surface area contributed by atoms with E-state index in [2.05, 4.69) is 5.32 Å². The highest BCUT2D eigenvalue weighted by molar-refractivity contribution is 5.97. The van der Waals surface area contributed by atoms with Gasteiger partial charge in [-0.2, -0.15) is 0 Å². The number of carbonyl (C=O) groups excluding carboxylic acids is 2. The molecule has 7 nitrogen and oxygen atoms in total. The summed E-state index contributed by atoms with van der Waals surface area (Å²) in [5.74, 6) is 1.43. The third-order valence-corrected chi connectivity index (χ3v) is 5.51. The van der Waals surface area contributed by atoms with E-state index in [0.29, 0.717) is 41.9 Å². The van der Waals surface area contributed by atoms with Gasteiger partial charge < -0.3 is 24.4 Å². The average Bonchev–Trinajstić information content (AvgIpc) is 2.84. The first-order valence-corrected chi connectivity index (χ1v) is 11.3. The number of ether oxygens (including phenoxy) is 3. The summed E-state index contributed by atoms with van der Waals surface area (Å²) >= 11 is 0. The fourth-order valence-electron chi connectivity index (χ4n) is 4.02. The van der Waals surface area contributed by atoms with Gasteiger partial charge in [-0.05, 0) is 38.1 Å². The van der Waals surface area contributed by atoms with E-state index < -0.39 is 5.92 Å². The molecule has 176 valence electrons. The molecule has 1 aliphatic heterocycles. The fraction of sp³-hybridized carbons (Fsp3) is 0.259. The summed E-state index contributed by atoms with van der Waals surface area (Å²) in [7, 11) is 1.63. The summed E-state index contributed by atoms with van der Waals surface area (Å²) in [5.41, 5.74) is 2.14. The van der Waals surface area contributed by atoms with E-state index in [1.165, 1.54) is 4.90 Å². The van der Waals surface area contributed by atoms with Gasteiger partial charge in [0, 0.05) is 29.9 Å². The Balaban J connectivity index is 1.49. The minimum Gasteiger partial charge on any atom is -0.490 e. The number of nitrogens with zero attached hydrogens (tertiary/aromatic N) is 1. The quantitative estimate of drug-likeness (QED) is 0.522. The lowest BCUT2D eigenvalue weighted by Crippen LogP contribution is -2.38. The van der Waals surface area contributed by atoms with Crippen molar-refractivity contribution >= 4 is 17.5 Å². The van der Waals surface area contributed by atoms with Gasteiger partial charge in [-0.3, -0.25) is 9.59 Å². The topological polar surface area (TPSA) is 77.1 Å². The molecule has 1 heterocycles. The molecule has 1 N–H and O–H groups in total. The molecule has 34 heavy (non-hydrogen) atoms. The van der Waals surface area contributed by atoms with E-state index in [4.69, 9.17) is 14.2 Å². The second-order valence-corrected chi connectivity index (χ2v) is 7.88. The minimum absolute atomic E-state index is 0.0995. The maximum atomic E-state index is 13.5. The minimum atomic E-state index is -0.547. The van der Waals surface area contributed by atoms with Crippen LogP contribution < -0.4 is 19.5 Å². The van der Waals surface area contributed by atoms with Gasteiger partial charge in [0.15, 0.2) is 11.5 Å². The van der Waals surface area contributed by atoms with E-state index >= 15 is 0 Å². The van der Waals surface area contributed by atoms with Crippen molar-refractivity contribution in [2.75, 3.05) is 32.1 Å². The summed E-state index contributed by atoms with van der Waals surface area (Å²) in [6.07, 6.45) is 0. The van der Waals surface area contributed by atoms with Gasteiger partial charge in [0.2, 0.25) is 11.8 Å². The molecule has 0 unspecified atom stereocenters. The van der Waals surface area contributed by atoms with Crippen molar-refractivity contribution in [1.29, 1.82) is 0 Å². The number of hydrogen-bond acceptors (Lipinski definition) is 5. The maximum absolute atomic E-state index is 13.5. The molecule has 0 fully saturated rings. The van der Waals surface area contributed by atoms with Crippen LogP contribution in [0.4, 0.5) is 5.69 Å². The largest absolute Gasteiger partial charge is 0.490 e. The van der Waals surface area contributed by atoms with Crippen molar-refractivity contribution in [2.45, 2.75) is 19.8 Å². The van der Waals surface area contributed by atoms with Crippen LogP contribution in [0.3, 0.4) is 0 Å². The molecule has 3 aromatic rings. The summed E-state index contributed by atoms with van der Waals surface area (Å²) < 4.78 is 17.2. The van der Waals surface area contributed by atoms with Crippen molar-refractivity contribution in [3.05, 3.63) is 77.9 Å². The van der Waals surface area contributed by atoms with E-state index in [9.17, 15) is 9.59 Å². The Morgan fingerprint density at radius 2 is 1.47 bits per heavy atom. The second-order valence-electron chi connectivity index (χ2n) is 7.88. The lowest BCUT2D eigenvalue weighted by atomic mass is 9.87. The smallest absolute Gasteiger partial charge is 0.243 e. The molecule has 1 aliphatic rings. The van der Waals surface area contributed by atoms with Crippen molar-refractivity contribution < 1.29 is 23.8 Å². The molecule has 7 heteroatoms. The fourth-order valence-corrected chi connectivity index (χ4v) is 4.02. The highest BCUT2D eigenvalue weighted by Gasteiger charge is 2.34. The average molecular weight is 461 g/mol. The number of hydrogen-bond donors (Lipinski definition) is 1. The van der Waals surface area contributed by atoms with Gasteiger partial charge in [0.05, 0.1) is 25.7 Å². The number of benzene rings is 3. The summed E-state index contributed by atoms with van der Waals surface area (Å²) in [6.45, 7) is 4.67. The first-order chi connectivity index (χ1) is 16.5. The Morgan fingerprint density at radius 3 is 2.09 bits per heavy atom. The molecule has 0 aliphatic carbocycles. The molecule has 4 rings (SSSR count). The van der Waals surface area contributed by atoms with Crippen LogP contribution in [0, 0.1) is 0 Å². The third-order valence-electron chi connectivity index (χ3n) is 5.51. The van der Waals surface area contributed by atoms with Gasteiger partial charge in [-0.15, -0.1) is 0 Å². The Kier molecular flexibility index (Phi) is 7.01. The van der Waals surface area contributed by atoms with Crippen molar-refractivity contribution in [2.24, 2.45) is 0 Å². The van der Waals surface area contributed by atoms with Crippen molar-refractivity contribution in [3.8, 4) is 23.0 Å². The Hall–Kier alpha value is -4.00. The molecule has 0 aromatic heterocycles. The van der Waals surface area contributed by atoms with Gasteiger partial charge in [0.25, 0.3) is 0 Å². The van der Waals surface area contributed by atoms with Gasteiger partial charge in [-0.25, -0.2) is 0 Å². The van der Waals surface area contributed by atoms with Crippen LogP contribution in [0.1, 0.15) is 30.9 Å². The van der Waals surface area contributed by atoms with E-state index in [1.54, 1.807) is 25.2 Å². The number of fused-ring (bicyclic) bond motifs is 2. The lowest BCUT2D eigenvalue weighted by molar-refractivity contribution is -0.134. The first kappa shape index (κ1) is 23.2. The lowest BCUT2D eigenvalue weighted by Gasteiger charge is -2.30. The SMILES string of the molecule is CCOc1ccc(NC(=O)CN(C)C(=O)C2c3ccccc3Oc3ccccc32)cc1OCC. The standard InChI is InChI=1S/C27H28N2O5/c1-4-32-23-15-14-18(16-24(23)33-5-2)28-25(30)17-29(3)27(31)26-19-10-6-8-12-21(19)34-22-13-9-7-11-20(22)26/h6-16,26H,4-5,17H2,1-3H3,(H,28,30). The number of para-hydroxylation sites is 2. The summed E-state index contributed by atoms with van der Waals surface area (Å²) in [5, 5.41) is 2.84. The van der Waals surface area contributed by atoms with Crippen molar-refractivity contribution in [3.63, 3.8) is 0 Å². The first-order valence-electron chi connectivity index (χ1n) is 11.3. The van der Waals surface area contributed by atoms with Crippen LogP contribution >= 0.6 is 0 Å². The van der Waals surface area contributed by atoms with Gasteiger partial charge in [0.1, 0.15) is 11.5 Å². The number of nitrogens with one attached hydrogen (secondary N) is 1. The molecule has 0 atom stereocenters. The van der Waals surface area contributed by atoms with Crippen LogP contribution in [0.15, 0.2) is 66.7 Å². The van der Waals surface area contributed by atoms with Crippen LogP contribution in [0.2, 0.25) is 0 Å². The third kappa shape index (κ3) is 4.83. The molecule has 0 bridgehead atoms. The van der Waals surface area contributed by atoms with E-state index in [-0.39, 0.29) is 18.4 Å². The molecule has 0 saturated carbocycles. The zero-order valence-electron chi connectivity index (χ0n) is 19.5. The Morgan fingerprint density at radius 1 is 0.882 bits per heavy atom. The van der Waals surface area contributed by atoms with E-state index in [0.717, 1.165) is 11.1 Å². The predicted molar refractivity (Wildman–Crippen MR) is 130 cm³/mol. The van der Waals surface area contributed by atoms with Gasteiger partial charge >= 0.3 is 0 Å². The molecular formula is C27H28N2O5. The number of likely N-dealkylation sites (N-methyl/N-ethyl adjacent to an activating group) is 1. The van der Waals surface area contributed by atoms with Crippen molar-refractivity contribution in [1.82, 2.24) is 4.90 Å². The van der Waals surface area contributed by atoms with Crippen LogP contribution in [0.5, 0.6) is 23.0 Å². The molecule has 0 saturated heterocycles. The highest BCUT2D eigenvalue weighted by Crippen LogP contribution is 2.44. The molecular weight excluding hydrogens is 432 g/mol. The zero-order valence-corrected chi connectivity index (χ0v) is 19.5. The summed E-state index contributed by atoms with van der Waals surface area (Å²) in [4.78, 5) is 27.7. The molecule has 3 aromatic carbocycles. The predicted octanol–water partition coefficient (Wildman–Crippen LogP) is 4.82. The number of carbonyl (C=O) groups is 2. The molecule has 0 radical (unpaired) electrons. The molecule has 2 amide bonds. The maximum Gasteiger partial charge on any atom is 0.243 e. The number of amides is 2. The molecule has 0 spiro atoms. The zero-order chi connectivity index (χ0) is 24.1. The van der Waals surface area contributed by atoms with Crippen LogP contribution in [-0.2, 0) is 9.59 Å². The highest BCUT2D eigenvalue weighted by atomic mass is 16.5. The van der Waals surface area contributed by atoms with Crippen LogP contribution in [0.25, 0.3) is 0 Å². The number of rotatable bonds is 8. The second kappa shape index (κ2) is 10.3. The Labute approximate surface area is 199 Å². The van der Waals surface area contributed by atoms with Gasteiger partial charge in [-0.1, -0.05) is 36.4 Å². The monoisotopic (exact) mass is 460 g/mol. The number of anilines is 1. The normalized spacial score (nSPS) is 12.1. The van der Waals surface area contributed by atoms with E-state index in [1.807, 2.05) is 62.4 Å². The van der Waals surface area contributed by atoms with Crippen LogP contribution in [-0.4, -0.2) is 43.5 Å². The Bertz CT molecular complexity index is 1150.